The van der Waals surface area contributed by atoms with E-state index in [2.05, 4.69) is 45.1 Å². The van der Waals surface area contributed by atoms with Gasteiger partial charge in [0.15, 0.2) is 6.10 Å². The summed E-state index contributed by atoms with van der Waals surface area (Å²) in [5, 5.41) is 0. The zero-order chi connectivity index (χ0) is 50.7. The lowest BCUT2D eigenvalue weighted by Gasteiger charge is -2.18. The number of unbranched alkanes of at least 4 members (excludes halogenated alkanes) is 43. The molecule has 0 amide bonds. The van der Waals surface area contributed by atoms with Crippen molar-refractivity contribution in [2.75, 3.05) is 13.2 Å². The maximum absolute atomic E-state index is 12.9. The van der Waals surface area contributed by atoms with Crippen LogP contribution in [0, 0.1) is 0 Å². The Morgan fingerprint density at radius 1 is 0.286 bits per heavy atom. The lowest BCUT2D eigenvalue weighted by molar-refractivity contribution is -0.167. The van der Waals surface area contributed by atoms with Gasteiger partial charge in [0.25, 0.3) is 0 Å². The highest BCUT2D eigenvalue weighted by atomic mass is 16.6. The summed E-state index contributed by atoms with van der Waals surface area (Å²) in [5.41, 5.74) is 0. The molecule has 0 aliphatic heterocycles. The van der Waals surface area contributed by atoms with Crippen LogP contribution in [-0.2, 0) is 28.6 Å². The van der Waals surface area contributed by atoms with Crippen LogP contribution in [0.2, 0.25) is 0 Å². The van der Waals surface area contributed by atoms with Crippen molar-refractivity contribution in [3.05, 3.63) is 24.3 Å². The smallest absolute Gasteiger partial charge is 0.306 e. The highest BCUT2D eigenvalue weighted by Crippen LogP contribution is 2.18. The Morgan fingerprint density at radius 2 is 0.514 bits per heavy atom. The largest absolute Gasteiger partial charge is 0.462 e. The van der Waals surface area contributed by atoms with E-state index in [-0.39, 0.29) is 31.1 Å². The lowest BCUT2D eigenvalue weighted by atomic mass is 10.0. The first kappa shape index (κ1) is 67.9. The van der Waals surface area contributed by atoms with Crippen LogP contribution in [0.25, 0.3) is 0 Å². The van der Waals surface area contributed by atoms with Crippen LogP contribution in [0.5, 0.6) is 0 Å². The van der Waals surface area contributed by atoms with Crippen molar-refractivity contribution < 1.29 is 28.6 Å². The van der Waals surface area contributed by atoms with Crippen LogP contribution in [0.15, 0.2) is 24.3 Å². The normalized spacial score (nSPS) is 12.1. The van der Waals surface area contributed by atoms with Gasteiger partial charge in [-0.05, 0) is 51.4 Å². The minimum Gasteiger partial charge on any atom is -0.462 e. The third-order valence-corrected chi connectivity index (χ3v) is 14.2. The molecule has 1 atom stereocenters. The Kier molecular flexibility index (Phi) is 57.7. The summed E-state index contributed by atoms with van der Waals surface area (Å²) in [4.78, 5) is 38.2. The molecule has 0 radical (unpaired) electrons. The fourth-order valence-corrected chi connectivity index (χ4v) is 9.48. The molecule has 6 nitrogen and oxygen atoms in total. The average molecular weight is 986 g/mol. The van der Waals surface area contributed by atoms with Gasteiger partial charge in [0.05, 0.1) is 0 Å². The van der Waals surface area contributed by atoms with E-state index in [1.807, 2.05) is 0 Å². The first-order valence-corrected chi connectivity index (χ1v) is 31.3. The van der Waals surface area contributed by atoms with Gasteiger partial charge in [-0.15, -0.1) is 0 Å². The zero-order valence-electron chi connectivity index (χ0n) is 47.3. The van der Waals surface area contributed by atoms with Crippen molar-refractivity contribution in [3.8, 4) is 0 Å². The third kappa shape index (κ3) is 56.8. The number of hydrogen-bond donors (Lipinski definition) is 0. The Hall–Kier alpha value is -2.11. The highest BCUT2D eigenvalue weighted by molar-refractivity contribution is 5.71. The number of hydrogen-bond acceptors (Lipinski definition) is 6. The zero-order valence-corrected chi connectivity index (χ0v) is 47.3. The first-order valence-electron chi connectivity index (χ1n) is 31.3. The van der Waals surface area contributed by atoms with E-state index < -0.39 is 6.10 Å². The molecule has 0 fully saturated rings. The van der Waals surface area contributed by atoms with E-state index in [4.69, 9.17) is 14.2 Å². The van der Waals surface area contributed by atoms with E-state index in [9.17, 15) is 14.4 Å². The molecule has 0 heterocycles. The predicted molar refractivity (Wildman–Crippen MR) is 303 cm³/mol. The number of ether oxygens (including phenoxy) is 3. The fraction of sp³-hybridized carbons (Fsp3) is 0.891. The molecule has 0 aliphatic carbocycles. The summed E-state index contributed by atoms with van der Waals surface area (Å²) in [7, 11) is 0. The molecular weight excluding hydrogens is 865 g/mol. The van der Waals surface area contributed by atoms with Gasteiger partial charge in [0.2, 0.25) is 0 Å². The van der Waals surface area contributed by atoms with Gasteiger partial charge in [0, 0.05) is 19.3 Å². The standard InChI is InChI=1S/C64H120O6/c1-4-7-10-13-16-19-22-24-26-28-30-32-34-35-37-39-42-45-48-51-54-57-63(66)69-60-61(59-68-62(65)56-53-50-47-44-41-21-18-15-12-9-6-3)70-64(67)58-55-52-49-46-43-40-38-36-33-31-29-27-25-23-20-17-14-11-8-5-2/h22,24,28,30,61H,4-21,23,25-27,29,31-60H2,1-3H3/b24-22-,30-28-. The lowest BCUT2D eigenvalue weighted by Crippen LogP contribution is -2.30. The molecule has 0 aromatic rings. The summed E-state index contributed by atoms with van der Waals surface area (Å²) < 4.78 is 16.9. The molecule has 6 heteroatoms. The van der Waals surface area contributed by atoms with Gasteiger partial charge in [-0.2, -0.15) is 0 Å². The quantitative estimate of drug-likeness (QED) is 0.0261. The van der Waals surface area contributed by atoms with E-state index >= 15 is 0 Å². The molecular formula is C64H120O6. The Balaban J connectivity index is 4.25. The molecule has 0 saturated carbocycles. The SMILES string of the molecule is CCCCCCC/C=C\C/C=C\CCCCCCCCCCCC(=O)OCC(COC(=O)CCCCCCCCCCCCC)OC(=O)CCCCCCCCCCCCCCCCCCCCCC. The topological polar surface area (TPSA) is 78.9 Å². The second-order valence-corrected chi connectivity index (χ2v) is 21.3. The molecule has 0 N–H and O–H groups in total. The first-order chi connectivity index (χ1) is 34.5. The van der Waals surface area contributed by atoms with Gasteiger partial charge in [-0.3, -0.25) is 14.4 Å². The van der Waals surface area contributed by atoms with Crippen molar-refractivity contribution in [1.82, 2.24) is 0 Å². The average Bonchev–Trinajstić information content (AvgIpc) is 3.36. The van der Waals surface area contributed by atoms with Gasteiger partial charge in [-0.1, -0.05) is 302 Å². The highest BCUT2D eigenvalue weighted by Gasteiger charge is 2.19. The van der Waals surface area contributed by atoms with E-state index in [1.54, 1.807) is 0 Å². The minimum absolute atomic E-state index is 0.0667. The van der Waals surface area contributed by atoms with Crippen LogP contribution in [0.4, 0.5) is 0 Å². The molecule has 0 aromatic heterocycles. The van der Waals surface area contributed by atoms with Gasteiger partial charge < -0.3 is 14.2 Å². The van der Waals surface area contributed by atoms with Crippen molar-refractivity contribution in [2.45, 2.75) is 354 Å². The van der Waals surface area contributed by atoms with Crippen LogP contribution in [0.1, 0.15) is 348 Å². The molecule has 0 spiro atoms. The van der Waals surface area contributed by atoms with Crippen LogP contribution in [-0.4, -0.2) is 37.2 Å². The summed E-state index contributed by atoms with van der Waals surface area (Å²) in [6, 6.07) is 0. The molecule has 0 aromatic carbocycles. The third-order valence-electron chi connectivity index (χ3n) is 14.2. The monoisotopic (exact) mass is 985 g/mol. The summed E-state index contributed by atoms with van der Waals surface area (Å²) in [6.07, 6.45) is 70.4. The van der Waals surface area contributed by atoms with Gasteiger partial charge >= 0.3 is 17.9 Å². The number of allylic oxidation sites excluding steroid dienone is 4. The molecule has 0 saturated heterocycles. The van der Waals surface area contributed by atoms with E-state index in [0.717, 1.165) is 64.2 Å². The number of esters is 3. The molecule has 412 valence electrons. The number of carbonyl (C=O) groups is 3. The van der Waals surface area contributed by atoms with Crippen molar-refractivity contribution in [3.63, 3.8) is 0 Å². The minimum atomic E-state index is -0.768. The summed E-state index contributed by atoms with van der Waals surface area (Å²) in [6.45, 7) is 6.68. The van der Waals surface area contributed by atoms with E-state index in [1.165, 1.54) is 244 Å². The molecule has 0 aliphatic rings. The summed E-state index contributed by atoms with van der Waals surface area (Å²) in [5.74, 6) is -0.846. The summed E-state index contributed by atoms with van der Waals surface area (Å²) >= 11 is 0. The Bertz CT molecular complexity index is 1130. The second-order valence-electron chi connectivity index (χ2n) is 21.3. The Morgan fingerprint density at radius 3 is 0.786 bits per heavy atom. The van der Waals surface area contributed by atoms with Crippen molar-refractivity contribution >= 4 is 17.9 Å². The second kappa shape index (κ2) is 59.5. The molecule has 0 bridgehead atoms. The van der Waals surface area contributed by atoms with Gasteiger partial charge in [0.1, 0.15) is 13.2 Å². The van der Waals surface area contributed by atoms with Crippen molar-refractivity contribution in [1.29, 1.82) is 0 Å². The maximum Gasteiger partial charge on any atom is 0.306 e. The van der Waals surface area contributed by atoms with Crippen LogP contribution in [0.3, 0.4) is 0 Å². The fourth-order valence-electron chi connectivity index (χ4n) is 9.48. The van der Waals surface area contributed by atoms with Gasteiger partial charge in [-0.25, -0.2) is 0 Å². The number of carbonyl (C=O) groups excluding carboxylic acids is 3. The molecule has 0 rings (SSSR count). The molecule has 70 heavy (non-hydrogen) atoms. The Labute approximate surface area is 436 Å². The van der Waals surface area contributed by atoms with E-state index in [0.29, 0.717) is 19.3 Å². The van der Waals surface area contributed by atoms with Crippen LogP contribution >= 0.6 is 0 Å². The maximum atomic E-state index is 12.9. The molecule has 1 unspecified atom stereocenters. The van der Waals surface area contributed by atoms with Crippen molar-refractivity contribution in [2.24, 2.45) is 0 Å². The van der Waals surface area contributed by atoms with Crippen LogP contribution < -0.4 is 0 Å². The predicted octanol–water partition coefficient (Wildman–Crippen LogP) is 21.1. The number of rotatable bonds is 58.